The summed E-state index contributed by atoms with van der Waals surface area (Å²) >= 11 is 0. The van der Waals surface area contributed by atoms with Gasteiger partial charge in [0, 0.05) is 23.9 Å². The SMILES string of the molecule is CCCc1cc(C)[nH]c(=O)c1CNC(=O)c1cc(-c2ccc3[nH]c(=O)[nH]c3c2)cc2c1=C[N+]=2C(C)C. The number of carbonyl (C=O) groups excluding carboxylic acids is 1. The summed E-state index contributed by atoms with van der Waals surface area (Å²) in [5.41, 5.74) is 5.73. The van der Waals surface area contributed by atoms with Crippen molar-refractivity contribution >= 4 is 23.1 Å². The molecule has 4 aromatic rings. The highest BCUT2D eigenvalue weighted by Gasteiger charge is 2.25. The molecule has 8 heteroatoms. The minimum Gasteiger partial charge on any atom is -0.348 e. The smallest absolute Gasteiger partial charge is 0.323 e. The summed E-state index contributed by atoms with van der Waals surface area (Å²) in [7, 11) is 0. The van der Waals surface area contributed by atoms with Gasteiger partial charge in [0.05, 0.1) is 16.6 Å². The molecule has 5 rings (SSSR count). The van der Waals surface area contributed by atoms with E-state index < -0.39 is 0 Å². The molecule has 0 unspecified atom stereocenters. The maximum Gasteiger partial charge on any atom is 0.323 e. The number of nitrogens with one attached hydrogen (secondary N) is 4. The maximum absolute atomic E-state index is 13.4. The normalized spacial score (nSPS) is 12.4. The van der Waals surface area contributed by atoms with Gasteiger partial charge in [-0.25, -0.2) is 4.79 Å². The van der Waals surface area contributed by atoms with Gasteiger partial charge in [-0.2, -0.15) is 4.58 Å². The van der Waals surface area contributed by atoms with Gasteiger partial charge >= 0.3 is 5.69 Å². The fourth-order valence-electron chi connectivity index (χ4n) is 4.86. The van der Waals surface area contributed by atoms with Crippen molar-refractivity contribution in [3.05, 3.63) is 90.2 Å². The molecule has 36 heavy (non-hydrogen) atoms. The third-order valence-corrected chi connectivity index (χ3v) is 6.66. The summed E-state index contributed by atoms with van der Waals surface area (Å²) in [5, 5.41) is 4.85. The monoisotopic (exact) mass is 484 g/mol. The first-order chi connectivity index (χ1) is 17.2. The summed E-state index contributed by atoms with van der Waals surface area (Å²) < 4.78 is 2.14. The van der Waals surface area contributed by atoms with Crippen LogP contribution in [0.15, 0.2) is 46.0 Å². The molecule has 0 fully saturated rings. The molecule has 2 aromatic heterocycles. The lowest BCUT2D eigenvalue weighted by Gasteiger charge is -2.15. The number of hydrogen-bond acceptors (Lipinski definition) is 3. The van der Waals surface area contributed by atoms with Crippen LogP contribution in [0, 0.1) is 6.92 Å². The zero-order valence-electron chi connectivity index (χ0n) is 20.9. The Morgan fingerprint density at radius 1 is 1.00 bits per heavy atom. The van der Waals surface area contributed by atoms with Crippen molar-refractivity contribution in [3.63, 3.8) is 0 Å². The first-order valence-electron chi connectivity index (χ1n) is 12.3. The lowest BCUT2D eigenvalue weighted by Crippen LogP contribution is -2.53. The van der Waals surface area contributed by atoms with Gasteiger partial charge in [-0.15, -0.1) is 0 Å². The lowest BCUT2D eigenvalue weighted by atomic mass is 9.98. The fourth-order valence-corrected chi connectivity index (χ4v) is 4.86. The Bertz CT molecular complexity index is 1750. The second-order valence-electron chi connectivity index (χ2n) is 9.64. The molecule has 0 aliphatic carbocycles. The highest BCUT2D eigenvalue weighted by molar-refractivity contribution is 5.96. The zero-order chi connectivity index (χ0) is 25.6. The van der Waals surface area contributed by atoms with Crippen LogP contribution in [0.25, 0.3) is 28.4 Å². The minimum atomic E-state index is -0.256. The van der Waals surface area contributed by atoms with Crippen LogP contribution in [0.1, 0.15) is 54.4 Å². The number of amides is 1. The van der Waals surface area contributed by atoms with Crippen molar-refractivity contribution in [1.29, 1.82) is 0 Å². The molecule has 0 atom stereocenters. The van der Waals surface area contributed by atoms with Crippen LogP contribution in [-0.2, 0) is 13.0 Å². The summed E-state index contributed by atoms with van der Waals surface area (Å²) in [6, 6.07) is 11.9. The second-order valence-corrected chi connectivity index (χ2v) is 9.64. The molecule has 0 saturated heterocycles. The number of imidazole rings is 1. The molecule has 1 aliphatic heterocycles. The van der Waals surface area contributed by atoms with E-state index in [1.54, 1.807) is 0 Å². The summed E-state index contributed by atoms with van der Waals surface area (Å²) in [6.45, 7) is 8.29. The van der Waals surface area contributed by atoms with Crippen molar-refractivity contribution in [2.75, 3.05) is 0 Å². The number of H-pyrrole nitrogens is 3. The molecule has 0 spiro atoms. The van der Waals surface area contributed by atoms with Gasteiger partial charge < -0.3 is 20.3 Å². The summed E-state index contributed by atoms with van der Waals surface area (Å²) in [4.78, 5) is 46.2. The highest BCUT2D eigenvalue weighted by Crippen LogP contribution is 2.22. The average molecular weight is 485 g/mol. The zero-order valence-corrected chi connectivity index (χ0v) is 20.9. The number of pyridine rings is 1. The van der Waals surface area contributed by atoms with Crippen LogP contribution in [0.4, 0.5) is 0 Å². The number of benzene rings is 2. The Hall–Kier alpha value is -4.20. The highest BCUT2D eigenvalue weighted by atomic mass is 16.2. The van der Waals surface area contributed by atoms with Gasteiger partial charge in [0.15, 0.2) is 12.2 Å². The summed E-state index contributed by atoms with van der Waals surface area (Å²) in [6.07, 6.45) is 3.69. The van der Waals surface area contributed by atoms with Crippen molar-refractivity contribution in [1.82, 2.24) is 24.8 Å². The van der Waals surface area contributed by atoms with Crippen LogP contribution >= 0.6 is 0 Å². The molecule has 0 radical (unpaired) electrons. The van der Waals surface area contributed by atoms with E-state index in [0.29, 0.717) is 16.6 Å². The Morgan fingerprint density at radius 2 is 1.78 bits per heavy atom. The molecule has 1 amide bonds. The Kier molecular flexibility index (Phi) is 5.96. The molecule has 3 heterocycles. The topological polar surface area (TPSA) is 114 Å². The molecule has 4 N–H and O–H groups in total. The molecule has 2 aromatic carbocycles. The van der Waals surface area contributed by atoms with Crippen LogP contribution in [-0.4, -0.2) is 26.9 Å². The number of aryl methyl sites for hydroxylation is 2. The summed E-state index contributed by atoms with van der Waals surface area (Å²) in [5.74, 6) is -0.230. The second kappa shape index (κ2) is 9.11. The fraction of sp³-hybridized carbons (Fsp3) is 0.286. The van der Waals surface area contributed by atoms with Gasteiger partial charge in [-0.3, -0.25) is 9.59 Å². The Balaban J connectivity index is 1.54. The maximum atomic E-state index is 13.4. The Labute approximate surface area is 207 Å². The van der Waals surface area contributed by atoms with E-state index >= 15 is 0 Å². The molecular formula is C28H30N5O3+. The molecule has 1 aliphatic rings. The first kappa shape index (κ1) is 23.5. The van der Waals surface area contributed by atoms with E-state index in [-0.39, 0.29) is 29.7 Å². The molecule has 8 nitrogen and oxygen atoms in total. The van der Waals surface area contributed by atoms with Crippen LogP contribution in [0.5, 0.6) is 0 Å². The predicted molar refractivity (Wildman–Crippen MR) is 141 cm³/mol. The number of fused-ring (bicyclic) bond motifs is 2. The number of aromatic amines is 3. The number of hydrogen-bond donors (Lipinski definition) is 4. The number of carbonyl (C=O) groups is 1. The van der Waals surface area contributed by atoms with Crippen LogP contribution in [0.2, 0.25) is 0 Å². The third kappa shape index (κ3) is 4.19. The van der Waals surface area contributed by atoms with E-state index in [2.05, 4.69) is 51.7 Å². The molecule has 0 bridgehead atoms. The van der Waals surface area contributed by atoms with Crippen molar-refractivity contribution in [3.8, 4) is 11.1 Å². The van der Waals surface area contributed by atoms with E-state index in [9.17, 15) is 14.4 Å². The lowest BCUT2D eigenvalue weighted by molar-refractivity contribution is 0.0949. The van der Waals surface area contributed by atoms with Gasteiger partial charge in [0.25, 0.3) is 11.5 Å². The van der Waals surface area contributed by atoms with E-state index in [4.69, 9.17) is 0 Å². The van der Waals surface area contributed by atoms with Gasteiger partial charge in [-0.1, -0.05) is 19.4 Å². The largest absolute Gasteiger partial charge is 0.348 e. The van der Waals surface area contributed by atoms with Gasteiger partial charge in [-0.05, 0) is 68.1 Å². The molecular weight excluding hydrogens is 454 g/mol. The molecule has 184 valence electrons. The predicted octanol–water partition coefficient (Wildman–Crippen LogP) is 2.05. The van der Waals surface area contributed by atoms with E-state index in [0.717, 1.165) is 51.3 Å². The van der Waals surface area contributed by atoms with Crippen molar-refractivity contribution < 1.29 is 4.79 Å². The standard InChI is InChI=1S/C28H29N5O3/c1-5-6-18-9-16(4)30-27(35)21(18)13-29-26(34)20-10-19(12-25-22(20)14-33(25)15(2)3)17-7-8-23-24(11-17)32-28(36)31-23/h7-12,14-15H,5-6,13H2,1-4H3,(H3,29,30,32,34,35,36)/p+1. The number of aromatic nitrogens is 3. The Morgan fingerprint density at radius 3 is 2.53 bits per heavy atom. The average Bonchev–Trinajstić information content (AvgIpc) is 3.18. The first-order valence-corrected chi connectivity index (χ1v) is 12.3. The quantitative estimate of drug-likeness (QED) is 0.301. The van der Waals surface area contributed by atoms with Crippen molar-refractivity contribution in [2.45, 2.75) is 53.1 Å². The van der Waals surface area contributed by atoms with Gasteiger partial charge in [0.1, 0.15) is 5.22 Å². The van der Waals surface area contributed by atoms with Crippen molar-refractivity contribution in [2.24, 2.45) is 0 Å². The third-order valence-electron chi connectivity index (χ3n) is 6.66. The van der Waals surface area contributed by atoms with Crippen LogP contribution < -0.4 is 31.7 Å². The number of rotatable bonds is 7. The van der Waals surface area contributed by atoms with Crippen LogP contribution in [0.3, 0.4) is 0 Å². The number of nitrogens with zero attached hydrogens (tertiary/aromatic N) is 1. The van der Waals surface area contributed by atoms with E-state index in [1.807, 2.05) is 43.5 Å². The van der Waals surface area contributed by atoms with E-state index in [1.165, 1.54) is 0 Å². The minimum absolute atomic E-state index is 0.160. The molecule has 0 saturated carbocycles. The van der Waals surface area contributed by atoms with Gasteiger partial charge in [0.2, 0.25) is 5.36 Å².